The highest BCUT2D eigenvalue weighted by Gasteiger charge is 2.33. The Kier molecular flexibility index (Phi) is 4.49. The van der Waals surface area contributed by atoms with E-state index in [-0.39, 0.29) is 23.8 Å². The maximum Gasteiger partial charge on any atom is 0.433 e. The highest BCUT2D eigenvalue weighted by atomic mass is 19.4. The van der Waals surface area contributed by atoms with Crippen molar-refractivity contribution in [2.75, 3.05) is 25.6 Å². The Bertz CT molecular complexity index is 434. The van der Waals surface area contributed by atoms with Gasteiger partial charge in [0.15, 0.2) is 0 Å². The van der Waals surface area contributed by atoms with Crippen molar-refractivity contribution in [3.8, 4) is 0 Å². The maximum absolute atomic E-state index is 12.5. The average molecular weight is 262 g/mol. The second-order valence-electron chi connectivity index (χ2n) is 3.42. The van der Waals surface area contributed by atoms with Crippen molar-refractivity contribution >= 4 is 11.7 Å². The largest absolute Gasteiger partial charge is 0.433 e. The molecule has 1 aromatic rings. The molecule has 8 heteroatoms. The van der Waals surface area contributed by atoms with Crippen LogP contribution in [-0.2, 0) is 10.9 Å². The van der Waals surface area contributed by atoms with Crippen molar-refractivity contribution in [1.82, 2.24) is 4.98 Å². The van der Waals surface area contributed by atoms with Crippen LogP contribution in [0.1, 0.15) is 11.3 Å². The number of methoxy groups -OCH3 is 1. The van der Waals surface area contributed by atoms with Crippen LogP contribution in [-0.4, -0.2) is 31.1 Å². The van der Waals surface area contributed by atoms with Gasteiger partial charge in [0.05, 0.1) is 12.2 Å². The van der Waals surface area contributed by atoms with Gasteiger partial charge in [-0.05, 0) is 12.1 Å². The van der Waals surface area contributed by atoms with Crippen molar-refractivity contribution in [3.05, 3.63) is 23.4 Å². The van der Waals surface area contributed by atoms with E-state index < -0.39 is 11.9 Å². The fourth-order valence-electron chi connectivity index (χ4n) is 1.24. The molecule has 0 aliphatic carbocycles. The minimum absolute atomic E-state index is 0.0747. The Balaban J connectivity index is 3.04. The van der Waals surface area contributed by atoms with E-state index in [1.54, 1.807) is 0 Å². The number of rotatable bonds is 5. The monoisotopic (exact) mass is 262 g/mol. The van der Waals surface area contributed by atoms with Gasteiger partial charge < -0.3 is 15.8 Å². The minimum Gasteiger partial charge on any atom is -0.384 e. The lowest BCUT2D eigenvalue weighted by Crippen LogP contribution is -2.19. The van der Waals surface area contributed by atoms with Crippen molar-refractivity contribution in [1.29, 1.82) is 5.41 Å². The van der Waals surface area contributed by atoms with Crippen LogP contribution in [0.3, 0.4) is 0 Å². The number of hydrogen-bond acceptors (Lipinski definition) is 4. The van der Waals surface area contributed by atoms with Gasteiger partial charge in [0, 0.05) is 13.7 Å². The molecule has 0 spiro atoms. The number of halogens is 3. The molecule has 0 saturated carbocycles. The third kappa shape index (κ3) is 3.59. The summed E-state index contributed by atoms with van der Waals surface area (Å²) in [6.07, 6.45) is -4.53. The topological polar surface area (TPSA) is 84.0 Å². The van der Waals surface area contributed by atoms with Gasteiger partial charge in [0.25, 0.3) is 0 Å². The molecule has 4 N–H and O–H groups in total. The van der Waals surface area contributed by atoms with E-state index in [0.717, 1.165) is 12.1 Å². The van der Waals surface area contributed by atoms with E-state index in [1.165, 1.54) is 7.11 Å². The van der Waals surface area contributed by atoms with E-state index in [0.29, 0.717) is 6.61 Å². The standard InChI is InChI=1S/C10H13F3N4O/c1-18-5-4-16-9-6(8(14)15)2-3-7(17-9)10(11,12)13/h2-3H,4-5H2,1H3,(H3,14,15)(H,16,17). The molecule has 0 saturated heterocycles. The first-order chi connectivity index (χ1) is 8.36. The smallest absolute Gasteiger partial charge is 0.384 e. The number of amidine groups is 1. The van der Waals surface area contributed by atoms with Gasteiger partial charge in [-0.15, -0.1) is 0 Å². The van der Waals surface area contributed by atoms with Gasteiger partial charge in [-0.1, -0.05) is 0 Å². The predicted molar refractivity (Wildman–Crippen MR) is 60.6 cm³/mol. The maximum atomic E-state index is 12.5. The molecule has 0 fully saturated rings. The number of nitrogens with zero attached hydrogens (tertiary/aromatic N) is 1. The molecule has 0 aliphatic rings. The molecular weight excluding hydrogens is 249 g/mol. The molecule has 0 atom stereocenters. The number of nitrogen functional groups attached to an aromatic ring is 1. The Labute approximate surface area is 102 Å². The van der Waals surface area contributed by atoms with Gasteiger partial charge in [-0.25, -0.2) is 4.98 Å². The molecule has 0 radical (unpaired) electrons. The summed E-state index contributed by atoms with van der Waals surface area (Å²) in [6.45, 7) is 0.570. The molecule has 1 rings (SSSR count). The Hall–Kier alpha value is -1.83. The first-order valence-corrected chi connectivity index (χ1v) is 5.01. The number of nitrogens with two attached hydrogens (primary N) is 1. The average Bonchev–Trinajstić information content (AvgIpc) is 2.27. The van der Waals surface area contributed by atoms with E-state index in [1.807, 2.05) is 0 Å². The Morgan fingerprint density at radius 2 is 2.17 bits per heavy atom. The Morgan fingerprint density at radius 1 is 1.50 bits per heavy atom. The van der Waals surface area contributed by atoms with Gasteiger partial charge in [0.2, 0.25) is 0 Å². The van der Waals surface area contributed by atoms with Crippen molar-refractivity contribution < 1.29 is 17.9 Å². The SMILES string of the molecule is COCCNc1nc(C(F)(F)F)ccc1C(=N)N. The molecule has 0 amide bonds. The fraction of sp³-hybridized carbons (Fsp3) is 0.400. The summed E-state index contributed by atoms with van der Waals surface area (Å²) in [5.41, 5.74) is 4.36. The molecule has 18 heavy (non-hydrogen) atoms. The van der Waals surface area contributed by atoms with E-state index in [9.17, 15) is 13.2 Å². The van der Waals surface area contributed by atoms with Crippen LogP contribution in [0.2, 0.25) is 0 Å². The van der Waals surface area contributed by atoms with Crippen molar-refractivity contribution in [3.63, 3.8) is 0 Å². The highest BCUT2D eigenvalue weighted by molar-refractivity contribution is 5.99. The van der Waals surface area contributed by atoms with Crippen LogP contribution in [0.25, 0.3) is 0 Å². The van der Waals surface area contributed by atoms with Gasteiger partial charge in [-0.2, -0.15) is 13.2 Å². The lowest BCUT2D eigenvalue weighted by Gasteiger charge is -2.13. The highest BCUT2D eigenvalue weighted by Crippen LogP contribution is 2.29. The normalized spacial score (nSPS) is 11.3. The van der Waals surface area contributed by atoms with Gasteiger partial charge >= 0.3 is 6.18 Å². The van der Waals surface area contributed by atoms with Crippen LogP contribution in [0.5, 0.6) is 0 Å². The molecule has 0 bridgehead atoms. The zero-order valence-electron chi connectivity index (χ0n) is 9.64. The van der Waals surface area contributed by atoms with Gasteiger partial charge in [0.1, 0.15) is 17.3 Å². The van der Waals surface area contributed by atoms with E-state index in [2.05, 4.69) is 10.3 Å². The Morgan fingerprint density at radius 3 is 2.67 bits per heavy atom. The number of hydrogen-bond donors (Lipinski definition) is 3. The summed E-state index contributed by atoms with van der Waals surface area (Å²) in [5.74, 6) is -0.425. The summed E-state index contributed by atoms with van der Waals surface area (Å²) in [4.78, 5) is 3.42. The number of aromatic nitrogens is 1. The molecule has 1 heterocycles. The molecule has 5 nitrogen and oxygen atoms in total. The number of nitrogens with one attached hydrogen (secondary N) is 2. The van der Waals surface area contributed by atoms with Crippen LogP contribution >= 0.6 is 0 Å². The molecule has 0 aliphatic heterocycles. The van der Waals surface area contributed by atoms with Gasteiger partial charge in [-0.3, -0.25) is 5.41 Å². The summed E-state index contributed by atoms with van der Waals surface area (Å²) in [6, 6.07) is 1.91. The summed E-state index contributed by atoms with van der Waals surface area (Å²) in [5, 5.41) is 9.92. The van der Waals surface area contributed by atoms with E-state index in [4.69, 9.17) is 15.9 Å². The zero-order chi connectivity index (χ0) is 13.8. The molecule has 0 unspecified atom stereocenters. The first-order valence-electron chi connectivity index (χ1n) is 5.01. The molecule has 100 valence electrons. The third-order valence-electron chi connectivity index (χ3n) is 2.07. The second-order valence-corrected chi connectivity index (χ2v) is 3.42. The molecular formula is C10H13F3N4O. The molecule has 0 aromatic carbocycles. The third-order valence-corrected chi connectivity index (χ3v) is 2.07. The second kappa shape index (κ2) is 5.67. The van der Waals surface area contributed by atoms with Crippen LogP contribution in [0.15, 0.2) is 12.1 Å². The number of alkyl halides is 3. The van der Waals surface area contributed by atoms with Crippen LogP contribution in [0, 0.1) is 5.41 Å². The quantitative estimate of drug-likeness (QED) is 0.426. The number of anilines is 1. The van der Waals surface area contributed by atoms with Crippen LogP contribution < -0.4 is 11.1 Å². The number of pyridine rings is 1. The lowest BCUT2D eigenvalue weighted by molar-refractivity contribution is -0.141. The summed E-state index contributed by atoms with van der Waals surface area (Å²) >= 11 is 0. The van der Waals surface area contributed by atoms with E-state index >= 15 is 0 Å². The minimum atomic E-state index is -4.53. The van der Waals surface area contributed by atoms with Crippen molar-refractivity contribution in [2.45, 2.75) is 6.18 Å². The van der Waals surface area contributed by atoms with Crippen LogP contribution in [0.4, 0.5) is 19.0 Å². The summed E-state index contributed by atoms with van der Waals surface area (Å²) in [7, 11) is 1.47. The first kappa shape index (κ1) is 14.2. The summed E-state index contributed by atoms with van der Waals surface area (Å²) < 4.78 is 42.2. The fourth-order valence-corrected chi connectivity index (χ4v) is 1.24. The molecule has 1 aromatic heterocycles. The lowest BCUT2D eigenvalue weighted by atomic mass is 10.2. The number of ether oxygens (including phenoxy) is 1. The van der Waals surface area contributed by atoms with Crippen molar-refractivity contribution in [2.24, 2.45) is 5.73 Å². The predicted octanol–water partition coefficient (Wildman–Crippen LogP) is 1.44. The zero-order valence-corrected chi connectivity index (χ0v) is 9.64.